The molecular weight excluding hydrogens is 262 g/mol. The minimum absolute atomic E-state index is 0.444. The molecule has 0 saturated carbocycles. The van der Waals surface area contributed by atoms with Crippen molar-refractivity contribution in [1.29, 1.82) is 0 Å². The number of aliphatic hydroxyl groups is 1. The lowest BCUT2D eigenvalue weighted by atomic mass is 10.00. The lowest BCUT2D eigenvalue weighted by Gasteiger charge is -2.33. The van der Waals surface area contributed by atoms with E-state index in [1.54, 1.807) is 0 Å². The Hall–Kier alpha value is -1.06. The van der Waals surface area contributed by atoms with Crippen LogP contribution in [0.4, 0.5) is 0 Å². The fourth-order valence-corrected chi connectivity index (χ4v) is 3.15. The van der Waals surface area contributed by atoms with Crippen LogP contribution in [0.1, 0.15) is 56.8 Å². The summed E-state index contributed by atoms with van der Waals surface area (Å²) in [6.45, 7) is 9.09. The van der Waals surface area contributed by atoms with Gasteiger partial charge in [-0.05, 0) is 58.7 Å². The molecule has 0 amide bonds. The first-order chi connectivity index (χ1) is 10.1. The molecule has 0 aliphatic carbocycles. The smallest absolute Gasteiger partial charge is 0.125 e. The molecule has 1 aliphatic rings. The van der Waals surface area contributed by atoms with Gasteiger partial charge >= 0.3 is 0 Å². The predicted octanol–water partition coefficient (Wildman–Crippen LogP) is 3.69. The van der Waals surface area contributed by atoms with Crippen molar-refractivity contribution >= 4 is 0 Å². The SMILES string of the molecule is CCOc1ccc(C)cc1C(O)CCN1CCCCC1C. The van der Waals surface area contributed by atoms with Crippen molar-refractivity contribution in [3.63, 3.8) is 0 Å². The first-order valence-electron chi connectivity index (χ1n) is 8.27. The zero-order valence-electron chi connectivity index (χ0n) is 13.6. The molecule has 1 fully saturated rings. The monoisotopic (exact) mass is 291 g/mol. The molecule has 3 heteroatoms. The Kier molecular flexibility index (Phi) is 6.07. The summed E-state index contributed by atoms with van der Waals surface area (Å²) in [5.74, 6) is 0.822. The first kappa shape index (κ1) is 16.3. The third kappa shape index (κ3) is 4.45. The number of hydrogen-bond acceptors (Lipinski definition) is 3. The maximum atomic E-state index is 10.6. The molecule has 0 radical (unpaired) electrons. The van der Waals surface area contributed by atoms with Crippen LogP contribution in [0, 0.1) is 6.92 Å². The standard InChI is InChI=1S/C18H29NO2/c1-4-21-18-9-8-14(2)13-16(18)17(20)10-12-19-11-6-5-7-15(19)3/h8-9,13,15,17,20H,4-7,10-12H2,1-3H3. The van der Waals surface area contributed by atoms with E-state index in [1.165, 1.54) is 31.4 Å². The van der Waals surface area contributed by atoms with Gasteiger partial charge in [0.15, 0.2) is 0 Å². The Bertz CT molecular complexity index is 447. The number of rotatable bonds is 6. The molecule has 0 bridgehead atoms. The number of aryl methyl sites for hydroxylation is 1. The minimum atomic E-state index is -0.444. The Labute approximate surface area is 128 Å². The third-order valence-electron chi connectivity index (χ3n) is 4.45. The molecule has 118 valence electrons. The molecule has 2 rings (SSSR count). The normalized spacial score (nSPS) is 21.2. The zero-order chi connectivity index (χ0) is 15.2. The van der Waals surface area contributed by atoms with E-state index in [4.69, 9.17) is 4.74 Å². The van der Waals surface area contributed by atoms with Crippen molar-refractivity contribution < 1.29 is 9.84 Å². The molecule has 1 aromatic carbocycles. The molecule has 2 atom stereocenters. The number of hydrogen-bond donors (Lipinski definition) is 1. The van der Waals surface area contributed by atoms with E-state index >= 15 is 0 Å². The summed E-state index contributed by atoms with van der Waals surface area (Å²) in [4.78, 5) is 2.50. The summed E-state index contributed by atoms with van der Waals surface area (Å²) in [6, 6.07) is 6.71. The fraction of sp³-hybridized carbons (Fsp3) is 0.667. The van der Waals surface area contributed by atoms with E-state index < -0.39 is 6.10 Å². The van der Waals surface area contributed by atoms with Crippen LogP contribution in [0.3, 0.4) is 0 Å². The van der Waals surface area contributed by atoms with E-state index in [0.717, 1.165) is 24.3 Å². The molecular formula is C18H29NO2. The van der Waals surface area contributed by atoms with Gasteiger partial charge in [0, 0.05) is 18.2 Å². The van der Waals surface area contributed by atoms with Crippen molar-refractivity contribution in [3.8, 4) is 5.75 Å². The van der Waals surface area contributed by atoms with Crippen molar-refractivity contribution in [1.82, 2.24) is 4.90 Å². The van der Waals surface area contributed by atoms with Gasteiger partial charge in [0.1, 0.15) is 5.75 Å². The van der Waals surface area contributed by atoms with Crippen LogP contribution in [-0.2, 0) is 0 Å². The van der Waals surface area contributed by atoms with Crippen LogP contribution in [0.15, 0.2) is 18.2 Å². The van der Waals surface area contributed by atoms with E-state index in [0.29, 0.717) is 12.6 Å². The Morgan fingerprint density at radius 1 is 1.38 bits per heavy atom. The van der Waals surface area contributed by atoms with Gasteiger partial charge in [0.2, 0.25) is 0 Å². The van der Waals surface area contributed by atoms with Crippen molar-refractivity contribution in [2.45, 2.75) is 58.6 Å². The number of likely N-dealkylation sites (tertiary alicyclic amines) is 1. The number of piperidine rings is 1. The second-order valence-electron chi connectivity index (χ2n) is 6.16. The highest BCUT2D eigenvalue weighted by Gasteiger charge is 2.20. The molecule has 0 aromatic heterocycles. The van der Waals surface area contributed by atoms with Gasteiger partial charge in [-0.3, -0.25) is 0 Å². The van der Waals surface area contributed by atoms with Crippen LogP contribution >= 0.6 is 0 Å². The van der Waals surface area contributed by atoms with Crippen molar-refractivity contribution in [2.24, 2.45) is 0 Å². The van der Waals surface area contributed by atoms with Crippen LogP contribution in [-0.4, -0.2) is 35.7 Å². The number of benzene rings is 1. The maximum Gasteiger partial charge on any atom is 0.125 e. The molecule has 3 nitrogen and oxygen atoms in total. The molecule has 2 unspecified atom stereocenters. The highest BCUT2D eigenvalue weighted by molar-refractivity contribution is 5.38. The van der Waals surface area contributed by atoms with E-state index in [1.807, 2.05) is 19.1 Å². The lowest BCUT2D eigenvalue weighted by molar-refractivity contribution is 0.107. The summed E-state index contributed by atoms with van der Waals surface area (Å²) in [6.07, 6.45) is 4.24. The van der Waals surface area contributed by atoms with Gasteiger partial charge in [-0.25, -0.2) is 0 Å². The van der Waals surface area contributed by atoms with Gasteiger partial charge in [-0.1, -0.05) is 18.1 Å². The lowest BCUT2D eigenvalue weighted by Crippen LogP contribution is -2.38. The Balaban J connectivity index is 1.98. The molecule has 1 aromatic rings. The van der Waals surface area contributed by atoms with Crippen molar-refractivity contribution in [3.05, 3.63) is 29.3 Å². The Morgan fingerprint density at radius 2 is 2.19 bits per heavy atom. The van der Waals surface area contributed by atoms with Crippen LogP contribution in [0.5, 0.6) is 5.75 Å². The van der Waals surface area contributed by atoms with E-state index in [-0.39, 0.29) is 0 Å². The average molecular weight is 291 g/mol. The molecule has 1 aliphatic heterocycles. The quantitative estimate of drug-likeness (QED) is 0.867. The highest BCUT2D eigenvalue weighted by atomic mass is 16.5. The van der Waals surface area contributed by atoms with Gasteiger partial charge in [0.25, 0.3) is 0 Å². The second kappa shape index (κ2) is 7.81. The predicted molar refractivity (Wildman–Crippen MR) is 86.8 cm³/mol. The van der Waals surface area contributed by atoms with Gasteiger partial charge in [-0.15, -0.1) is 0 Å². The molecule has 1 heterocycles. The fourth-order valence-electron chi connectivity index (χ4n) is 3.15. The summed E-state index contributed by atoms with van der Waals surface area (Å²) in [7, 11) is 0. The topological polar surface area (TPSA) is 32.7 Å². The summed E-state index contributed by atoms with van der Waals surface area (Å²) >= 11 is 0. The number of aliphatic hydroxyl groups excluding tert-OH is 1. The maximum absolute atomic E-state index is 10.6. The molecule has 1 saturated heterocycles. The second-order valence-corrected chi connectivity index (χ2v) is 6.16. The van der Waals surface area contributed by atoms with Crippen LogP contribution in [0.25, 0.3) is 0 Å². The molecule has 21 heavy (non-hydrogen) atoms. The summed E-state index contributed by atoms with van der Waals surface area (Å²) in [5.41, 5.74) is 2.10. The first-order valence-corrected chi connectivity index (χ1v) is 8.27. The summed E-state index contributed by atoms with van der Waals surface area (Å²) in [5, 5.41) is 10.6. The molecule has 0 spiro atoms. The van der Waals surface area contributed by atoms with Crippen molar-refractivity contribution in [2.75, 3.05) is 19.7 Å². The highest BCUT2D eigenvalue weighted by Crippen LogP contribution is 2.29. The third-order valence-corrected chi connectivity index (χ3v) is 4.45. The number of nitrogens with zero attached hydrogens (tertiary/aromatic N) is 1. The van der Waals surface area contributed by atoms with Crippen LogP contribution < -0.4 is 4.74 Å². The van der Waals surface area contributed by atoms with E-state index in [2.05, 4.69) is 24.8 Å². The molecule has 1 N–H and O–H groups in total. The number of ether oxygens (including phenoxy) is 1. The van der Waals surface area contributed by atoms with E-state index in [9.17, 15) is 5.11 Å². The largest absolute Gasteiger partial charge is 0.493 e. The Morgan fingerprint density at radius 3 is 2.90 bits per heavy atom. The zero-order valence-corrected chi connectivity index (χ0v) is 13.6. The van der Waals surface area contributed by atoms with Gasteiger partial charge < -0.3 is 14.7 Å². The average Bonchev–Trinajstić information content (AvgIpc) is 2.48. The minimum Gasteiger partial charge on any atom is -0.493 e. The van der Waals surface area contributed by atoms with Gasteiger partial charge in [-0.2, -0.15) is 0 Å². The summed E-state index contributed by atoms with van der Waals surface area (Å²) < 4.78 is 5.65. The van der Waals surface area contributed by atoms with Crippen LogP contribution in [0.2, 0.25) is 0 Å². The van der Waals surface area contributed by atoms with Gasteiger partial charge in [0.05, 0.1) is 12.7 Å².